The number of carbonyl (C=O) groups is 2. The summed E-state index contributed by atoms with van der Waals surface area (Å²) >= 11 is 0. The van der Waals surface area contributed by atoms with Crippen molar-refractivity contribution < 1.29 is 14.0 Å². The maximum atomic E-state index is 13.6. The number of benzene rings is 3. The molecule has 4 rings (SSSR count). The van der Waals surface area contributed by atoms with Gasteiger partial charge < -0.3 is 10.2 Å². The minimum atomic E-state index is -0.268. The topological polar surface area (TPSA) is 49.4 Å². The summed E-state index contributed by atoms with van der Waals surface area (Å²) in [5, 5.41) is 2.81. The van der Waals surface area contributed by atoms with E-state index in [0.717, 1.165) is 23.1 Å². The van der Waals surface area contributed by atoms with Crippen molar-refractivity contribution in [2.24, 2.45) is 5.92 Å². The van der Waals surface area contributed by atoms with E-state index in [1.54, 1.807) is 12.1 Å². The van der Waals surface area contributed by atoms with Gasteiger partial charge in [0.2, 0.25) is 11.8 Å². The number of rotatable bonds is 7. The molecule has 1 aliphatic rings. The third kappa shape index (κ3) is 5.05. The third-order valence-corrected chi connectivity index (χ3v) is 6.04. The van der Waals surface area contributed by atoms with E-state index in [0.29, 0.717) is 12.2 Å². The predicted molar refractivity (Wildman–Crippen MR) is 123 cm³/mol. The van der Waals surface area contributed by atoms with Crippen LogP contribution in [0, 0.1) is 11.7 Å². The van der Waals surface area contributed by atoms with Crippen LogP contribution in [0.25, 0.3) is 0 Å². The van der Waals surface area contributed by atoms with Crippen LogP contribution in [0.1, 0.15) is 48.9 Å². The Bertz CT molecular complexity index is 1100. The van der Waals surface area contributed by atoms with Gasteiger partial charge in [-0.05, 0) is 60.2 Å². The molecule has 5 heteroatoms. The summed E-state index contributed by atoms with van der Waals surface area (Å²) in [7, 11) is 0. The highest BCUT2D eigenvalue weighted by Crippen LogP contribution is 2.49. The molecule has 164 valence electrons. The highest BCUT2D eigenvalue weighted by molar-refractivity contribution is 5.88. The summed E-state index contributed by atoms with van der Waals surface area (Å²) in [4.78, 5) is 27.0. The van der Waals surface area contributed by atoms with Crippen molar-refractivity contribution in [3.05, 3.63) is 101 Å². The Labute approximate surface area is 188 Å². The van der Waals surface area contributed by atoms with Gasteiger partial charge in [0.25, 0.3) is 0 Å². The van der Waals surface area contributed by atoms with Gasteiger partial charge in [-0.2, -0.15) is 0 Å². The zero-order chi connectivity index (χ0) is 22.7. The Kier molecular flexibility index (Phi) is 6.35. The summed E-state index contributed by atoms with van der Waals surface area (Å²) in [5.74, 6) is -0.284. The van der Waals surface area contributed by atoms with Gasteiger partial charge in [-0.3, -0.25) is 9.59 Å². The van der Waals surface area contributed by atoms with Crippen LogP contribution in [0.2, 0.25) is 0 Å². The quantitative estimate of drug-likeness (QED) is 0.524. The molecule has 0 spiro atoms. The van der Waals surface area contributed by atoms with Gasteiger partial charge in [0.15, 0.2) is 0 Å². The zero-order valence-electron chi connectivity index (χ0n) is 18.3. The molecule has 3 aromatic carbocycles. The van der Waals surface area contributed by atoms with E-state index >= 15 is 0 Å². The molecule has 32 heavy (non-hydrogen) atoms. The average molecular weight is 431 g/mol. The smallest absolute Gasteiger partial charge is 0.227 e. The van der Waals surface area contributed by atoms with Crippen molar-refractivity contribution in [1.29, 1.82) is 0 Å². The van der Waals surface area contributed by atoms with Crippen molar-refractivity contribution in [3.8, 4) is 0 Å². The fourth-order valence-electron chi connectivity index (χ4n) is 4.20. The van der Waals surface area contributed by atoms with Crippen molar-refractivity contribution in [1.82, 2.24) is 4.90 Å². The SMILES string of the molecule is CC(=O)Nc1cccc(C(C)N(Cc2ccccc2)C(=O)C2CC2c2ccc(F)cc2)c1. The Hall–Kier alpha value is -3.47. The normalized spacial score (nSPS) is 18.0. The van der Waals surface area contributed by atoms with Crippen molar-refractivity contribution >= 4 is 17.5 Å². The van der Waals surface area contributed by atoms with Crippen LogP contribution in [0.4, 0.5) is 10.1 Å². The fourth-order valence-corrected chi connectivity index (χ4v) is 4.20. The number of carbonyl (C=O) groups excluding carboxylic acids is 2. The molecule has 0 aromatic heterocycles. The summed E-state index contributed by atoms with van der Waals surface area (Å²) in [6.45, 7) is 3.99. The second-order valence-corrected chi connectivity index (χ2v) is 8.43. The number of nitrogens with one attached hydrogen (secondary N) is 1. The summed E-state index contributed by atoms with van der Waals surface area (Å²) in [6, 6.07) is 23.8. The maximum absolute atomic E-state index is 13.6. The Balaban J connectivity index is 1.58. The molecule has 2 amide bonds. The van der Waals surface area contributed by atoms with Crippen LogP contribution < -0.4 is 5.32 Å². The van der Waals surface area contributed by atoms with E-state index in [2.05, 4.69) is 5.32 Å². The second kappa shape index (κ2) is 9.35. The molecule has 1 fully saturated rings. The third-order valence-electron chi connectivity index (χ3n) is 6.04. The van der Waals surface area contributed by atoms with Crippen LogP contribution in [0.15, 0.2) is 78.9 Å². The van der Waals surface area contributed by atoms with Crippen LogP contribution in [-0.4, -0.2) is 16.7 Å². The average Bonchev–Trinajstić information content (AvgIpc) is 3.58. The number of anilines is 1. The summed E-state index contributed by atoms with van der Waals surface area (Å²) in [5.41, 5.74) is 3.73. The molecule has 4 nitrogen and oxygen atoms in total. The molecule has 0 saturated heterocycles. The Morgan fingerprint density at radius 2 is 1.75 bits per heavy atom. The minimum absolute atomic E-state index is 0.0978. The highest BCUT2D eigenvalue weighted by Gasteiger charge is 2.46. The lowest BCUT2D eigenvalue weighted by Crippen LogP contribution is -2.34. The highest BCUT2D eigenvalue weighted by atomic mass is 19.1. The van der Waals surface area contributed by atoms with Gasteiger partial charge in [-0.15, -0.1) is 0 Å². The molecular weight excluding hydrogens is 403 g/mol. The second-order valence-electron chi connectivity index (χ2n) is 8.43. The van der Waals surface area contributed by atoms with Gasteiger partial charge in [-0.1, -0.05) is 54.6 Å². The molecule has 3 unspecified atom stereocenters. The lowest BCUT2D eigenvalue weighted by atomic mass is 10.0. The van der Waals surface area contributed by atoms with Gasteiger partial charge in [-0.25, -0.2) is 4.39 Å². The summed E-state index contributed by atoms with van der Waals surface area (Å²) in [6.07, 6.45) is 0.772. The molecule has 0 bridgehead atoms. The first-order valence-corrected chi connectivity index (χ1v) is 10.9. The number of hydrogen-bond donors (Lipinski definition) is 1. The molecule has 1 aliphatic carbocycles. The van der Waals surface area contributed by atoms with Crippen LogP contribution in [0.3, 0.4) is 0 Å². The lowest BCUT2D eigenvalue weighted by molar-refractivity contribution is -0.135. The first kappa shape index (κ1) is 21.8. The molecular formula is C27H27FN2O2. The van der Waals surface area contributed by atoms with Crippen molar-refractivity contribution in [2.75, 3.05) is 5.32 Å². The first-order chi connectivity index (χ1) is 15.4. The number of amides is 2. The van der Waals surface area contributed by atoms with E-state index in [1.165, 1.54) is 19.1 Å². The van der Waals surface area contributed by atoms with E-state index in [-0.39, 0.29) is 35.5 Å². The number of halogens is 1. The van der Waals surface area contributed by atoms with Crippen LogP contribution >= 0.6 is 0 Å². The zero-order valence-corrected chi connectivity index (χ0v) is 18.3. The number of nitrogens with zero attached hydrogens (tertiary/aromatic N) is 1. The monoisotopic (exact) mass is 430 g/mol. The van der Waals surface area contributed by atoms with Gasteiger partial charge >= 0.3 is 0 Å². The summed E-state index contributed by atoms with van der Waals surface area (Å²) < 4.78 is 13.3. The van der Waals surface area contributed by atoms with Gasteiger partial charge in [0.05, 0.1) is 6.04 Å². The molecule has 0 radical (unpaired) electrons. The lowest BCUT2D eigenvalue weighted by Gasteiger charge is -2.30. The first-order valence-electron chi connectivity index (χ1n) is 10.9. The predicted octanol–water partition coefficient (Wildman–Crippen LogP) is 5.68. The number of hydrogen-bond acceptors (Lipinski definition) is 2. The molecule has 1 saturated carbocycles. The van der Waals surface area contributed by atoms with Crippen molar-refractivity contribution in [2.45, 2.75) is 38.8 Å². The van der Waals surface area contributed by atoms with E-state index in [9.17, 15) is 14.0 Å². The molecule has 0 aliphatic heterocycles. The van der Waals surface area contributed by atoms with Crippen molar-refractivity contribution in [3.63, 3.8) is 0 Å². The standard InChI is InChI=1S/C27H27FN2O2/c1-18(22-9-6-10-24(15-22)29-19(2)31)30(17-20-7-4-3-5-8-20)27(32)26-16-25(26)21-11-13-23(28)14-12-21/h3-15,18,25-26H,16-17H2,1-2H3,(H,29,31). The molecule has 3 aromatic rings. The van der Waals surface area contributed by atoms with Gasteiger partial charge in [0, 0.05) is 25.1 Å². The molecule has 1 N–H and O–H groups in total. The largest absolute Gasteiger partial charge is 0.331 e. The van der Waals surface area contributed by atoms with Crippen LogP contribution in [0.5, 0.6) is 0 Å². The van der Waals surface area contributed by atoms with E-state index in [1.807, 2.05) is 66.4 Å². The molecule has 3 atom stereocenters. The van der Waals surface area contributed by atoms with Crippen LogP contribution in [-0.2, 0) is 16.1 Å². The Morgan fingerprint density at radius 1 is 1.03 bits per heavy atom. The molecule has 0 heterocycles. The Morgan fingerprint density at radius 3 is 2.44 bits per heavy atom. The van der Waals surface area contributed by atoms with E-state index < -0.39 is 0 Å². The maximum Gasteiger partial charge on any atom is 0.227 e. The fraction of sp³-hybridized carbons (Fsp3) is 0.259. The minimum Gasteiger partial charge on any atom is -0.331 e. The van der Waals surface area contributed by atoms with E-state index in [4.69, 9.17) is 0 Å². The van der Waals surface area contributed by atoms with Gasteiger partial charge in [0.1, 0.15) is 5.82 Å².